The van der Waals surface area contributed by atoms with Crippen LogP contribution in [0.1, 0.15) is 54.2 Å². The van der Waals surface area contributed by atoms with Crippen molar-refractivity contribution in [3.05, 3.63) is 124 Å². The number of benzene rings is 1. The molecule has 2 heterocycles. The van der Waals surface area contributed by atoms with Crippen LogP contribution in [0.25, 0.3) is 0 Å². The number of hydrogen-bond acceptors (Lipinski definition) is 3. The molecule has 0 fully saturated rings. The SMILES string of the molecule is CC.CC1/C=C\C=C/CC(Cc2ccnc(F)c2)(Cc2cc[nH]c(=O)c2)c2ccccc2C1=O. The fraction of sp³-hybridized carbons (Fsp3) is 0.276. The molecule has 34 heavy (non-hydrogen) atoms. The van der Waals surface area contributed by atoms with Crippen LogP contribution < -0.4 is 5.56 Å². The van der Waals surface area contributed by atoms with Crippen LogP contribution >= 0.6 is 0 Å². The molecule has 3 aromatic rings. The second kappa shape index (κ2) is 11.5. The largest absolute Gasteiger partial charge is 0.329 e. The number of rotatable bonds is 4. The summed E-state index contributed by atoms with van der Waals surface area (Å²) in [6.07, 6.45) is 12.6. The van der Waals surface area contributed by atoms with Crippen LogP contribution in [0.3, 0.4) is 0 Å². The van der Waals surface area contributed by atoms with Crippen molar-refractivity contribution < 1.29 is 9.18 Å². The predicted molar refractivity (Wildman–Crippen MR) is 135 cm³/mol. The third-order valence-electron chi connectivity index (χ3n) is 6.05. The van der Waals surface area contributed by atoms with Gasteiger partial charge in [0.2, 0.25) is 11.5 Å². The standard InChI is InChI=1S/C27H25FN2O2.C2H6/c1-19-7-3-2-6-12-27(17-20-10-13-29-24(28)15-20,18-21-11-14-30-25(31)16-21)23-9-5-4-8-22(23)26(19)32;1-2/h2-11,13-16,19H,12,17-18H2,1H3,(H,30,31);1-2H3/b6-2-,7-3-;. The number of carbonyl (C=O) groups excluding carboxylic acids is 1. The summed E-state index contributed by atoms with van der Waals surface area (Å²) >= 11 is 0. The van der Waals surface area contributed by atoms with Crippen molar-refractivity contribution in [3.8, 4) is 0 Å². The molecule has 0 amide bonds. The number of nitrogens with one attached hydrogen (secondary N) is 1. The van der Waals surface area contributed by atoms with Crippen LogP contribution in [0.4, 0.5) is 4.39 Å². The van der Waals surface area contributed by atoms with E-state index in [1.807, 2.05) is 69.3 Å². The highest BCUT2D eigenvalue weighted by Crippen LogP contribution is 2.39. The van der Waals surface area contributed by atoms with E-state index in [0.717, 1.165) is 16.7 Å². The Balaban J connectivity index is 0.00000158. The van der Waals surface area contributed by atoms with Crippen molar-refractivity contribution in [2.45, 2.75) is 45.4 Å². The molecule has 0 spiro atoms. The number of nitrogens with zero attached hydrogens (tertiary/aromatic N) is 1. The highest BCUT2D eigenvalue weighted by molar-refractivity contribution is 6.00. The van der Waals surface area contributed by atoms with Gasteiger partial charge in [0.1, 0.15) is 0 Å². The van der Waals surface area contributed by atoms with Crippen molar-refractivity contribution in [2.24, 2.45) is 5.92 Å². The average molecular weight is 459 g/mol. The van der Waals surface area contributed by atoms with Crippen LogP contribution in [0, 0.1) is 11.9 Å². The molecule has 0 bridgehead atoms. The maximum Gasteiger partial charge on any atom is 0.248 e. The molecule has 5 heteroatoms. The fourth-order valence-electron chi connectivity index (χ4n) is 4.54. The normalized spacial score (nSPS) is 21.5. The topological polar surface area (TPSA) is 62.8 Å². The van der Waals surface area contributed by atoms with Gasteiger partial charge in [-0.15, -0.1) is 0 Å². The first-order chi connectivity index (χ1) is 16.5. The molecular weight excluding hydrogens is 427 g/mol. The zero-order valence-electron chi connectivity index (χ0n) is 19.9. The van der Waals surface area contributed by atoms with E-state index < -0.39 is 11.4 Å². The Hall–Kier alpha value is -3.60. The van der Waals surface area contributed by atoms with E-state index >= 15 is 0 Å². The molecule has 1 N–H and O–H groups in total. The van der Waals surface area contributed by atoms with Crippen LogP contribution in [-0.4, -0.2) is 15.8 Å². The van der Waals surface area contributed by atoms with E-state index in [-0.39, 0.29) is 17.3 Å². The lowest BCUT2D eigenvalue weighted by atomic mass is 9.67. The van der Waals surface area contributed by atoms with Gasteiger partial charge in [0.05, 0.1) is 0 Å². The maximum atomic E-state index is 14.0. The zero-order valence-corrected chi connectivity index (χ0v) is 19.9. The lowest BCUT2D eigenvalue weighted by molar-refractivity contribution is 0.0950. The van der Waals surface area contributed by atoms with Crippen LogP contribution in [0.5, 0.6) is 0 Å². The number of pyridine rings is 2. The minimum absolute atomic E-state index is 0.0448. The molecular formula is C29H31FN2O2. The summed E-state index contributed by atoms with van der Waals surface area (Å²) in [6.45, 7) is 5.89. The molecule has 1 aliphatic rings. The first kappa shape index (κ1) is 25.0. The van der Waals surface area contributed by atoms with E-state index in [1.54, 1.807) is 18.3 Å². The highest BCUT2D eigenvalue weighted by Gasteiger charge is 2.36. The molecule has 0 aliphatic heterocycles. The Morgan fingerprint density at radius 3 is 2.50 bits per heavy atom. The van der Waals surface area contributed by atoms with E-state index in [2.05, 4.69) is 16.0 Å². The Kier molecular flexibility index (Phi) is 8.47. The Morgan fingerprint density at radius 1 is 1.03 bits per heavy atom. The monoisotopic (exact) mass is 458 g/mol. The number of hydrogen-bond donors (Lipinski definition) is 1. The van der Waals surface area contributed by atoms with E-state index in [4.69, 9.17) is 0 Å². The van der Waals surface area contributed by atoms with E-state index in [9.17, 15) is 14.0 Å². The van der Waals surface area contributed by atoms with Gasteiger partial charge in [-0.1, -0.05) is 69.3 Å². The quantitative estimate of drug-likeness (QED) is 0.488. The van der Waals surface area contributed by atoms with Crippen molar-refractivity contribution >= 4 is 5.78 Å². The number of Topliss-reactive ketones (excluding diaryl/α,β-unsaturated/α-hetero) is 1. The van der Waals surface area contributed by atoms with Gasteiger partial charge in [0.15, 0.2) is 5.78 Å². The molecule has 0 saturated heterocycles. The third-order valence-corrected chi connectivity index (χ3v) is 6.05. The van der Waals surface area contributed by atoms with Gasteiger partial charge >= 0.3 is 0 Å². The lowest BCUT2D eigenvalue weighted by Crippen LogP contribution is -2.34. The van der Waals surface area contributed by atoms with Crippen molar-refractivity contribution in [3.63, 3.8) is 0 Å². The van der Waals surface area contributed by atoms with Gasteiger partial charge < -0.3 is 4.98 Å². The van der Waals surface area contributed by atoms with Crippen molar-refractivity contribution in [2.75, 3.05) is 0 Å². The van der Waals surface area contributed by atoms with Gasteiger partial charge in [-0.25, -0.2) is 4.98 Å². The molecule has 176 valence electrons. The van der Waals surface area contributed by atoms with Gasteiger partial charge in [-0.05, 0) is 54.2 Å². The summed E-state index contributed by atoms with van der Waals surface area (Å²) < 4.78 is 14.0. The summed E-state index contributed by atoms with van der Waals surface area (Å²) in [6, 6.07) is 14.4. The minimum atomic E-state index is -0.560. The Morgan fingerprint density at radius 2 is 1.76 bits per heavy atom. The first-order valence-electron chi connectivity index (χ1n) is 11.7. The van der Waals surface area contributed by atoms with Crippen molar-refractivity contribution in [1.29, 1.82) is 0 Å². The van der Waals surface area contributed by atoms with Gasteiger partial charge in [-0.2, -0.15) is 4.39 Å². The molecule has 2 aromatic heterocycles. The molecule has 4 nitrogen and oxygen atoms in total. The number of halogens is 1. The van der Waals surface area contributed by atoms with Crippen LogP contribution in [0.15, 0.2) is 90.0 Å². The molecule has 4 rings (SSSR count). The molecule has 2 unspecified atom stereocenters. The van der Waals surface area contributed by atoms with E-state index in [0.29, 0.717) is 24.8 Å². The third kappa shape index (κ3) is 5.84. The minimum Gasteiger partial charge on any atom is -0.329 e. The molecule has 1 aromatic carbocycles. The number of allylic oxidation sites excluding steroid dienone is 4. The maximum absolute atomic E-state index is 14.0. The van der Waals surface area contributed by atoms with Crippen LogP contribution in [-0.2, 0) is 18.3 Å². The smallest absolute Gasteiger partial charge is 0.248 e. The van der Waals surface area contributed by atoms with Crippen molar-refractivity contribution in [1.82, 2.24) is 9.97 Å². The molecule has 1 aliphatic carbocycles. The van der Waals surface area contributed by atoms with Gasteiger partial charge in [0, 0.05) is 35.4 Å². The number of aromatic nitrogens is 2. The number of ketones is 1. The molecule has 0 radical (unpaired) electrons. The van der Waals surface area contributed by atoms with Gasteiger partial charge in [-0.3, -0.25) is 9.59 Å². The molecule has 2 atom stereocenters. The van der Waals surface area contributed by atoms with Crippen LogP contribution in [0.2, 0.25) is 0 Å². The summed E-state index contributed by atoms with van der Waals surface area (Å²) in [5, 5.41) is 0. The summed E-state index contributed by atoms with van der Waals surface area (Å²) in [5.74, 6) is -0.761. The highest BCUT2D eigenvalue weighted by atomic mass is 19.1. The number of fused-ring (bicyclic) bond motifs is 1. The number of carbonyl (C=O) groups is 1. The predicted octanol–water partition coefficient (Wildman–Crippen LogP) is 5.99. The van der Waals surface area contributed by atoms with E-state index in [1.165, 1.54) is 12.3 Å². The fourth-order valence-corrected chi connectivity index (χ4v) is 4.54. The van der Waals surface area contributed by atoms with Gasteiger partial charge in [0.25, 0.3) is 0 Å². The first-order valence-corrected chi connectivity index (χ1v) is 11.7. The zero-order chi connectivity index (χ0) is 24.6. The summed E-state index contributed by atoms with van der Waals surface area (Å²) in [5.41, 5.74) is 2.49. The second-order valence-electron chi connectivity index (χ2n) is 8.40. The summed E-state index contributed by atoms with van der Waals surface area (Å²) in [7, 11) is 0. The number of aromatic amines is 1. The average Bonchev–Trinajstić information content (AvgIpc) is 2.84. The Labute approximate surface area is 200 Å². The lowest BCUT2D eigenvalue weighted by Gasteiger charge is -2.36. The number of H-pyrrole nitrogens is 1. The second-order valence-corrected chi connectivity index (χ2v) is 8.40. The summed E-state index contributed by atoms with van der Waals surface area (Å²) in [4.78, 5) is 31.7. The Bertz CT molecular complexity index is 1240. The molecule has 0 saturated carbocycles.